The number of carbonyl (C=O) groups is 1. The Labute approximate surface area is 146 Å². The molecule has 6 nitrogen and oxygen atoms in total. The van der Waals surface area contributed by atoms with E-state index in [9.17, 15) is 4.79 Å². The number of anilines is 1. The van der Waals surface area contributed by atoms with Crippen molar-refractivity contribution in [3.63, 3.8) is 0 Å². The molecule has 25 heavy (non-hydrogen) atoms. The van der Waals surface area contributed by atoms with Crippen LogP contribution in [-0.2, 0) is 4.79 Å². The number of benzene rings is 1. The summed E-state index contributed by atoms with van der Waals surface area (Å²) in [5.41, 5.74) is 7.10. The maximum atomic E-state index is 12.5. The van der Waals surface area contributed by atoms with E-state index in [2.05, 4.69) is 10.3 Å². The molecule has 2 heterocycles. The molecule has 130 valence electrons. The van der Waals surface area contributed by atoms with Crippen LogP contribution in [0.1, 0.15) is 25.7 Å². The Bertz CT molecular complexity index is 800. The highest BCUT2D eigenvalue weighted by Gasteiger charge is 2.37. The second kappa shape index (κ2) is 6.37. The Kier molecular flexibility index (Phi) is 4.05. The van der Waals surface area contributed by atoms with E-state index >= 15 is 0 Å². The van der Waals surface area contributed by atoms with E-state index in [1.165, 1.54) is 0 Å². The minimum absolute atomic E-state index is 0.156. The summed E-state index contributed by atoms with van der Waals surface area (Å²) in [6, 6.07) is 11.3. The summed E-state index contributed by atoms with van der Waals surface area (Å²) in [5, 5.41) is 2.87. The number of rotatable bonds is 3. The minimum Gasteiger partial charge on any atom is -0.486 e. The van der Waals surface area contributed by atoms with Crippen molar-refractivity contribution < 1.29 is 14.3 Å². The van der Waals surface area contributed by atoms with Gasteiger partial charge in [-0.05, 0) is 43.2 Å². The van der Waals surface area contributed by atoms with Gasteiger partial charge in [0, 0.05) is 5.56 Å². The SMILES string of the molecule is NC1(C(=O)Nc2cccc(-c3ccc4c(c3)OCCO4)n2)CCCC1. The van der Waals surface area contributed by atoms with Crippen LogP contribution in [0, 0.1) is 0 Å². The molecule has 1 aromatic heterocycles. The third kappa shape index (κ3) is 3.17. The highest BCUT2D eigenvalue weighted by Crippen LogP contribution is 2.34. The second-order valence-corrected chi connectivity index (χ2v) is 6.58. The predicted molar refractivity (Wildman–Crippen MR) is 94.7 cm³/mol. The van der Waals surface area contributed by atoms with Crippen molar-refractivity contribution in [2.45, 2.75) is 31.2 Å². The molecular formula is C19H21N3O3. The molecule has 1 aromatic carbocycles. The average molecular weight is 339 g/mol. The van der Waals surface area contributed by atoms with Crippen molar-refractivity contribution in [3.05, 3.63) is 36.4 Å². The molecule has 1 aliphatic carbocycles. The summed E-state index contributed by atoms with van der Waals surface area (Å²) in [6.07, 6.45) is 3.44. The minimum atomic E-state index is -0.769. The van der Waals surface area contributed by atoms with Crippen LogP contribution in [-0.4, -0.2) is 29.6 Å². The summed E-state index contributed by atoms with van der Waals surface area (Å²) in [6.45, 7) is 1.10. The smallest absolute Gasteiger partial charge is 0.245 e. The largest absolute Gasteiger partial charge is 0.486 e. The molecular weight excluding hydrogens is 318 g/mol. The Morgan fingerprint density at radius 3 is 2.64 bits per heavy atom. The highest BCUT2D eigenvalue weighted by molar-refractivity contribution is 5.97. The van der Waals surface area contributed by atoms with Crippen LogP contribution in [0.5, 0.6) is 11.5 Å². The molecule has 2 aliphatic rings. The quantitative estimate of drug-likeness (QED) is 0.898. The van der Waals surface area contributed by atoms with Gasteiger partial charge in [-0.1, -0.05) is 18.9 Å². The fourth-order valence-corrected chi connectivity index (χ4v) is 3.34. The number of pyridine rings is 1. The van der Waals surface area contributed by atoms with Gasteiger partial charge in [0.2, 0.25) is 5.91 Å². The zero-order chi connectivity index (χ0) is 17.3. The maximum absolute atomic E-state index is 12.5. The molecule has 4 rings (SSSR count). The van der Waals surface area contributed by atoms with Crippen molar-refractivity contribution in [2.75, 3.05) is 18.5 Å². The lowest BCUT2D eigenvalue weighted by atomic mass is 9.98. The highest BCUT2D eigenvalue weighted by atomic mass is 16.6. The molecule has 0 unspecified atom stereocenters. The van der Waals surface area contributed by atoms with E-state index in [-0.39, 0.29) is 5.91 Å². The topological polar surface area (TPSA) is 86.5 Å². The van der Waals surface area contributed by atoms with Crippen molar-refractivity contribution in [2.24, 2.45) is 5.73 Å². The monoisotopic (exact) mass is 339 g/mol. The number of nitrogens with two attached hydrogens (primary N) is 1. The molecule has 1 aliphatic heterocycles. The molecule has 1 fully saturated rings. The Morgan fingerprint density at radius 1 is 1.08 bits per heavy atom. The first-order chi connectivity index (χ1) is 12.1. The van der Waals surface area contributed by atoms with E-state index in [1.807, 2.05) is 30.3 Å². The molecule has 1 amide bonds. The van der Waals surface area contributed by atoms with E-state index < -0.39 is 5.54 Å². The van der Waals surface area contributed by atoms with Crippen LogP contribution in [0.3, 0.4) is 0 Å². The Morgan fingerprint density at radius 2 is 1.84 bits per heavy atom. The molecule has 1 saturated carbocycles. The number of nitrogens with zero attached hydrogens (tertiary/aromatic N) is 1. The molecule has 3 N–H and O–H groups in total. The first-order valence-corrected chi connectivity index (χ1v) is 8.61. The summed E-state index contributed by atoms with van der Waals surface area (Å²) in [4.78, 5) is 17.0. The van der Waals surface area contributed by atoms with Gasteiger partial charge in [0.25, 0.3) is 0 Å². The van der Waals surface area contributed by atoms with Crippen molar-refractivity contribution in [1.82, 2.24) is 4.98 Å². The van der Waals surface area contributed by atoms with Crippen molar-refractivity contribution in [3.8, 4) is 22.8 Å². The number of nitrogens with one attached hydrogen (secondary N) is 1. The van der Waals surface area contributed by atoms with Gasteiger partial charge >= 0.3 is 0 Å². The summed E-state index contributed by atoms with van der Waals surface area (Å²) in [5.74, 6) is 1.81. The van der Waals surface area contributed by atoms with Gasteiger partial charge in [0.15, 0.2) is 11.5 Å². The fraction of sp³-hybridized carbons (Fsp3) is 0.368. The van der Waals surface area contributed by atoms with Crippen LogP contribution >= 0.6 is 0 Å². The van der Waals surface area contributed by atoms with Gasteiger partial charge < -0.3 is 20.5 Å². The Balaban J connectivity index is 1.56. The number of hydrogen-bond acceptors (Lipinski definition) is 5. The van der Waals surface area contributed by atoms with Gasteiger partial charge in [-0.3, -0.25) is 4.79 Å². The number of fused-ring (bicyclic) bond motifs is 1. The zero-order valence-electron chi connectivity index (χ0n) is 14.0. The van der Waals surface area contributed by atoms with Gasteiger partial charge in [0.1, 0.15) is 19.0 Å². The van der Waals surface area contributed by atoms with Gasteiger partial charge in [0.05, 0.1) is 11.2 Å². The third-order valence-electron chi connectivity index (χ3n) is 4.78. The number of carbonyl (C=O) groups excluding carboxylic acids is 1. The second-order valence-electron chi connectivity index (χ2n) is 6.58. The summed E-state index contributed by atoms with van der Waals surface area (Å²) < 4.78 is 11.2. The standard InChI is InChI=1S/C19H21N3O3/c20-19(8-1-2-9-19)18(23)22-17-5-3-4-14(21-17)13-6-7-15-16(12-13)25-11-10-24-15/h3-7,12H,1-2,8-11,20H2,(H,21,22,23). The molecule has 0 spiro atoms. The van der Waals surface area contributed by atoms with Crippen LogP contribution < -0.4 is 20.5 Å². The predicted octanol–water partition coefficient (Wildman–Crippen LogP) is 2.73. The Hall–Kier alpha value is -2.60. The fourth-order valence-electron chi connectivity index (χ4n) is 3.34. The maximum Gasteiger partial charge on any atom is 0.245 e. The zero-order valence-corrected chi connectivity index (χ0v) is 14.0. The summed E-state index contributed by atoms with van der Waals surface area (Å²) in [7, 11) is 0. The average Bonchev–Trinajstić information content (AvgIpc) is 3.09. The molecule has 0 atom stereocenters. The lowest BCUT2D eigenvalue weighted by Gasteiger charge is -2.22. The molecule has 6 heteroatoms. The van der Waals surface area contributed by atoms with E-state index in [0.717, 1.165) is 42.7 Å². The lowest BCUT2D eigenvalue weighted by Crippen LogP contribution is -2.48. The van der Waals surface area contributed by atoms with Crippen molar-refractivity contribution in [1.29, 1.82) is 0 Å². The molecule has 0 saturated heterocycles. The van der Waals surface area contributed by atoms with E-state index in [1.54, 1.807) is 6.07 Å². The number of amides is 1. The van der Waals surface area contributed by atoms with Crippen LogP contribution in [0.2, 0.25) is 0 Å². The molecule has 0 radical (unpaired) electrons. The van der Waals surface area contributed by atoms with Crippen LogP contribution in [0.25, 0.3) is 11.3 Å². The van der Waals surface area contributed by atoms with Crippen LogP contribution in [0.15, 0.2) is 36.4 Å². The first-order valence-electron chi connectivity index (χ1n) is 8.61. The lowest BCUT2D eigenvalue weighted by molar-refractivity contribution is -0.121. The van der Waals surface area contributed by atoms with E-state index in [0.29, 0.717) is 24.8 Å². The summed E-state index contributed by atoms with van der Waals surface area (Å²) >= 11 is 0. The van der Waals surface area contributed by atoms with Crippen LogP contribution in [0.4, 0.5) is 5.82 Å². The van der Waals surface area contributed by atoms with Crippen molar-refractivity contribution >= 4 is 11.7 Å². The number of hydrogen-bond donors (Lipinski definition) is 2. The van der Waals surface area contributed by atoms with Gasteiger partial charge in [-0.2, -0.15) is 0 Å². The molecule has 2 aromatic rings. The number of ether oxygens (including phenoxy) is 2. The third-order valence-corrected chi connectivity index (χ3v) is 4.78. The van der Waals surface area contributed by atoms with Gasteiger partial charge in [-0.25, -0.2) is 4.98 Å². The number of aromatic nitrogens is 1. The van der Waals surface area contributed by atoms with E-state index in [4.69, 9.17) is 15.2 Å². The van der Waals surface area contributed by atoms with Gasteiger partial charge in [-0.15, -0.1) is 0 Å². The molecule has 0 bridgehead atoms. The first kappa shape index (κ1) is 15.9. The normalized spacial score (nSPS) is 18.0.